The Hall–Kier alpha value is -3.35. The molecule has 35 heavy (non-hydrogen) atoms. The Kier molecular flexibility index (Phi) is 9.70. The summed E-state index contributed by atoms with van der Waals surface area (Å²) < 4.78 is 5.59. The fraction of sp³-hybridized carbons (Fsp3) is 0.464. The number of hydrogen-bond donors (Lipinski definition) is 3. The fourth-order valence-electron chi connectivity index (χ4n) is 4.81. The molecule has 0 saturated heterocycles. The molecule has 2 unspecified atom stereocenters. The van der Waals surface area contributed by atoms with Gasteiger partial charge in [0.25, 0.3) is 0 Å². The first-order valence-electron chi connectivity index (χ1n) is 12.6. The van der Waals surface area contributed by atoms with Crippen LogP contribution in [-0.4, -0.2) is 42.3 Å². The minimum Gasteiger partial charge on any atom is -0.480 e. The number of alkyl carbamates (subject to hydrolysis) is 1. The van der Waals surface area contributed by atoms with Gasteiger partial charge < -0.3 is 20.5 Å². The number of carbonyl (C=O) groups excluding carboxylic acids is 2. The van der Waals surface area contributed by atoms with E-state index >= 15 is 0 Å². The number of aliphatic carboxylic acids is 1. The van der Waals surface area contributed by atoms with Gasteiger partial charge in [-0.3, -0.25) is 4.79 Å². The third kappa shape index (κ3) is 7.07. The lowest BCUT2D eigenvalue weighted by Gasteiger charge is -2.18. The highest BCUT2D eigenvalue weighted by Crippen LogP contribution is 2.44. The summed E-state index contributed by atoms with van der Waals surface area (Å²) >= 11 is 0. The SMILES string of the molecule is CCCC(CCNC(=O)OCC1c2ccccc2-c2ccccc21)CCC(=O)NC(CC)C(=O)O. The molecule has 0 aliphatic heterocycles. The predicted molar refractivity (Wildman–Crippen MR) is 135 cm³/mol. The summed E-state index contributed by atoms with van der Waals surface area (Å²) in [4.78, 5) is 35.6. The van der Waals surface area contributed by atoms with E-state index in [1.54, 1.807) is 6.92 Å². The van der Waals surface area contributed by atoms with Crippen molar-refractivity contribution in [3.63, 3.8) is 0 Å². The summed E-state index contributed by atoms with van der Waals surface area (Å²) in [7, 11) is 0. The molecule has 0 bridgehead atoms. The van der Waals surface area contributed by atoms with E-state index < -0.39 is 18.1 Å². The summed E-state index contributed by atoms with van der Waals surface area (Å²) in [6, 6.07) is 15.6. The molecule has 0 radical (unpaired) electrons. The van der Waals surface area contributed by atoms with Crippen LogP contribution < -0.4 is 10.6 Å². The van der Waals surface area contributed by atoms with Gasteiger partial charge in [-0.15, -0.1) is 0 Å². The number of carboxylic acids is 1. The molecule has 188 valence electrons. The van der Waals surface area contributed by atoms with Crippen molar-refractivity contribution in [1.82, 2.24) is 10.6 Å². The van der Waals surface area contributed by atoms with Gasteiger partial charge in [-0.1, -0.05) is 75.2 Å². The molecule has 3 N–H and O–H groups in total. The van der Waals surface area contributed by atoms with Crippen LogP contribution in [0.15, 0.2) is 48.5 Å². The maximum atomic E-state index is 12.4. The highest BCUT2D eigenvalue weighted by atomic mass is 16.5. The monoisotopic (exact) mass is 480 g/mol. The molecular weight excluding hydrogens is 444 g/mol. The Balaban J connectivity index is 1.43. The quantitative estimate of drug-likeness (QED) is 0.370. The van der Waals surface area contributed by atoms with E-state index in [1.165, 1.54) is 22.3 Å². The molecule has 0 heterocycles. The predicted octanol–water partition coefficient (Wildman–Crippen LogP) is 5.09. The van der Waals surface area contributed by atoms with Gasteiger partial charge in [-0.05, 0) is 47.4 Å². The van der Waals surface area contributed by atoms with Crippen molar-refractivity contribution in [2.24, 2.45) is 5.92 Å². The third-order valence-corrected chi connectivity index (χ3v) is 6.68. The molecule has 1 aliphatic carbocycles. The topological polar surface area (TPSA) is 105 Å². The van der Waals surface area contributed by atoms with E-state index in [9.17, 15) is 14.4 Å². The Labute approximate surface area is 207 Å². The molecule has 7 nitrogen and oxygen atoms in total. The van der Waals surface area contributed by atoms with Crippen molar-refractivity contribution >= 4 is 18.0 Å². The molecule has 2 amide bonds. The lowest BCUT2D eigenvalue weighted by atomic mass is 9.94. The van der Waals surface area contributed by atoms with E-state index in [0.717, 1.165) is 19.3 Å². The summed E-state index contributed by atoms with van der Waals surface area (Å²) in [6.07, 6.45) is 3.50. The van der Waals surface area contributed by atoms with Crippen molar-refractivity contribution < 1.29 is 24.2 Å². The molecule has 2 aromatic rings. The first kappa shape index (κ1) is 26.3. The highest BCUT2D eigenvalue weighted by molar-refractivity contribution is 5.83. The smallest absolute Gasteiger partial charge is 0.407 e. The molecule has 0 saturated carbocycles. The van der Waals surface area contributed by atoms with Gasteiger partial charge in [-0.25, -0.2) is 9.59 Å². The van der Waals surface area contributed by atoms with Crippen molar-refractivity contribution in [1.29, 1.82) is 0 Å². The number of nitrogens with one attached hydrogen (secondary N) is 2. The van der Waals surface area contributed by atoms with Crippen LogP contribution in [0.25, 0.3) is 11.1 Å². The van der Waals surface area contributed by atoms with Crippen LogP contribution in [-0.2, 0) is 14.3 Å². The molecule has 0 aromatic heterocycles. The Morgan fingerprint density at radius 3 is 2.14 bits per heavy atom. The Bertz CT molecular complexity index is 976. The van der Waals surface area contributed by atoms with Crippen LogP contribution in [0, 0.1) is 5.92 Å². The zero-order valence-corrected chi connectivity index (χ0v) is 20.6. The first-order valence-corrected chi connectivity index (χ1v) is 12.6. The summed E-state index contributed by atoms with van der Waals surface area (Å²) in [6.45, 7) is 4.56. The second-order valence-corrected chi connectivity index (χ2v) is 9.10. The van der Waals surface area contributed by atoms with Gasteiger partial charge >= 0.3 is 12.1 Å². The average molecular weight is 481 g/mol. The Morgan fingerprint density at radius 1 is 0.943 bits per heavy atom. The second kappa shape index (κ2) is 12.9. The molecule has 0 spiro atoms. The van der Waals surface area contributed by atoms with E-state index in [2.05, 4.69) is 41.8 Å². The molecular formula is C28H36N2O5. The normalized spacial score (nSPS) is 13.9. The van der Waals surface area contributed by atoms with Crippen LogP contribution in [0.1, 0.15) is 69.4 Å². The highest BCUT2D eigenvalue weighted by Gasteiger charge is 2.29. The van der Waals surface area contributed by atoms with Gasteiger partial charge in [-0.2, -0.15) is 0 Å². The standard InChI is InChI=1S/C28H36N2O5/c1-3-9-19(14-15-26(31)30-25(4-2)27(32)33)16-17-29-28(34)35-18-24-22-12-7-5-10-20(22)21-11-6-8-13-23(21)24/h5-8,10-13,19,24-25H,3-4,9,14-18H2,1-2H3,(H,29,34)(H,30,31)(H,32,33). The van der Waals surface area contributed by atoms with Crippen molar-refractivity contribution in [2.45, 2.75) is 64.3 Å². The number of hydrogen-bond acceptors (Lipinski definition) is 4. The molecule has 0 fully saturated rings. The second-order valence-electron chi connectivity index (χ2n) is 9.10. The summed E-state index contributed by atoms with van der Waals surface area (Å²) in [5.41, 5.74) is 4.74. The molecule has 2 atom stereocenters. The number of amides is 2. The van der Waals surface area contributed by atoms with Crippen molar-refractivity contribution in [3.05, 3.63) is 59.7 Å². The van der Waals surface area contributed by atoms with Crippen LogP contribution >= 0.6 is 0 Å². The third-order valence-electron chi connectivity index (χ3n) is 6.68. The van der Waals surface area contributed by atoms with Gasteiger partial charge in [0.05, 0.1) is 0 Å². The van der Waals surface area contributed by atoms with E-state index in [-0.39, 0.29) is 30.8 Å². The lowest BCUT2D eigenvalue weighted by molar-refractivity contribution is -0.141. The first-order chi connectivity index (χ1) is 16.9. The van der Waals surface area contributed by atoms with E-state index in [0.29, 0.717) is 19.4 Å². The maximum absolute atomic E-state index is 12.4. The molecule has 7 heteroatoms. The van der Waals surface area contributed by atoms with Crippen LogP contribution in [0.3, 0.4) is 0 Å². The van der Waals surface area contributed by atoms with Gasteiger partial charge in [0.1, 0.15) is 12.6 Å². The van der Waals surface area contributed by atoms with Crippen LogP contribution in [0.5, 0.6) is 0 Å². The minimum absolute atomic E-state index is 0.0252. The van der Waals surface area contributed by atoms with Gasteiger partial charge in [0.2, 0.25) is 5.91 Å². The number of ether oxygens (including phenoxy) is 1. The Morgan fingerprint density at radius 2 is 1.57 bits per heavy atom. The number of fused-ring (bicyclic) bond motifs is 3. The molecule has 3 rings (SSSR count). The molecule has 1 aliphatic rings. The van der Waals surface area contributed by atoms with Gasteiger partial charge in [0, 0.05) is 18.9 Å². The number of carbonyl (C=O) groups is 3. The zero-order valence-electron chi connectivity index (χ0n) is 20.6. The van der Waals surface area contributed by atoms with Crippen molar-refractivity contribution in [2.75, 3.05) is 13.2 Å². The number of benzene rings is 2. The number of carboxylic acid groups (broad SMARTS) is 1. The van der Waals surface area contributed by atoms with Crippen LogP contribution in [0.2, 0.25) is 0 Å². The minimum atomic E-state index is -1.02. The number of rotatable bonds is 13. The van der Waals surface area contributed by atoms with Crippen LogP contribution in [0.4, 0.5) is 4.79 Å². The lowest BCUT2D eigenvalue weighted by Crippen LogP contribution is -2.40. The largest absolute Gasteiger partial charge is 0.480 e. The summed E-state index contributed by atoms with van der Waals surface area (Å²) in [5, 5.41) is 14.5. The van der Waals surface area contributed by atoms with E-state index in [4.69, 9.17) is 9.84 Å². The summed E-state index contributed by atoms with van der Waals surface area (Å²) in [5.74, 6) is -0.968. The van der Waals surface area contributed by atoms with Crippen molar-refractivity contribution in [3.8, 4) is 11.1 Å². The zero-order chi connectivity index (χ0) is 25.2. The maximum Gasteiger partial charge on any atom is 0.407 e. The van der Waals surface area contributed by atoms with E-state index in [1.807, 2.05) is 24.3 Å². The van der Waals surface area contributed by atoms with Gasteiger partial charge in [0.15, 0.2) is 0 Å². The average Bonchev–Trinajstić information content (AvgIpc) is 3.18. The molecule has 2 aromatic carbocycles. The fourth-order valence-corrected chi connectivity index (χ4v) is 4.81.